The van der Waals surface area contributed by atoms with Crippen LogP contribution in [0.1, 0.15) is 16.7 Å². The maximum Gasteiger partial charge on any atom is 0.290 e. The van der Waals surface area contributed by atoms with Gasteiger partial charge in [-0.25, -0.2) is 4.39 Å². The third-order valence-electron chi connectivity index (χ3n) is 3.64. The monoisotopic (exact) mass is 333 g/mol. The molecule has 2 aromatic rings. The molecule has 0 atom stereocenters. The fraction of sp³-hybridized carbons (Fsp3) is 0.278. The van der Waals surface area contributed by atoms with Gasteiger partial charge in [0, 0.05) is 12.0 Å². The van der Waals surface area contributed by atoms with Crippen LogP contribution in [-0.4, -0.2) is 24.7 Å². The zero-order chi connectivity index (χ0) is 17.5. The minimum Gasteiger partial charge on any atom is -0.493 e. The predicted octanol–water partition coefficient (Wildman–Crippen LogP) is 3.06. The third-order valence-corrected chi connectivity index (χ3v) is 3.64. The van der Waals surface area contributed by atoms with Gasteiger partial charge < -0.3 is 20.3 Å². The van der Waals surface area contributed by atoms with E-state index in [-0.39, 0.29) is 12.3 Å². The molecule has 3 rings (SSSR count). The van der Waals surface area contributed by atoms with Crippen LogP contribution in [0, 0.1) is 12.7 Å². The fourth-order valence-electron chi connectivity index (χ4n) is 2.50. The molecule has 1 heterocycles. The highest BCUT2D eigenvalue weighted by molar-refractivity contribution is 5.46. The van der Waals surface area contributed by atoms with Gasteiger partial charge in [0.05, 0.1) is 6.61 Å². The van der Waals surface area contributed by atoms with Crippen LogP contribution in [-0.2, 0) is 17.6 Å². The van der Waals surface area contributed by atoms with E-state index in [1.54, 1.807) is 13.0 Å². The smallest absolute Gasteiger partial charge is 0.290 e. The van der Waals surface area contributed by atoms with Crippen LogP contribution in [0.3, 0.4) is 0 Å². The lowest BCUT2D eigenvalue weighted by molar-refractivity contribution is -0.122. The van der Waals surface area contributed by atoms with Gasteiger partial charge in [0.15, 0.2) is 0 Å². The highest BCUT2D eigenvalue weighted by Crippen LogP contribution is 2.33. The Morgan fingerprint density at radius 3 is 2.83 bits per heavy atom. The summed E-state index contributed by atoms with van der Waals surface area (Å²) in [6.07, 6.45) is 1.48. The molecular formula is C18H20FNO4. The third kappa shape index (κ3) is 4.23. The molecule has 0 saturated heterocycles. The highest BCUT2D eigenvalue weighted by Gasteiger charge is 2.14. The summed E-state index contributed by atoms with van der Waals surface area (Å²) < 4.78 is 25.1. The Kier molecular flexibility index (Phi) is 6.14. The van der Waals surface area contributed by atoms with Crippen molar-refractivity contribution in [2.24, 2.45) is 5.73 Å². The van der Waals surface area contributed by atoms with E-state index in [1.165, 1.54) is 6.07 Å². The van der Waals surface area contributed by atoms with Gasteiger partial charge in [0.25, 0.3) is 6.47 Å². The quantitative estimate of drug-likeness (QED) is 0.841. The molecule has 5 nitrogen and oxygen atoms in total. The Balaban J connectivity index is 0.000000647. The molecule has 0 fully saturated rings. The topological polar surface area (TPSA) is 81.8 Å². The van der Waals surface area contributed by atoms with E-state index >= 15 is 0 Å². The Labute approximate surface area is 139 Å². The van der Waals surface area contributed by atoms with Gasteiger partial charge in [-0.2, -0.15) is 0 Å². The largest absolute Gasteiger partial charge is 0.493 e. The average molecular weight is 333 g/mol. The standard InChI is InChI=1S/C17H18FNO2.CH2O2/c1-11-8-17(12(4-6-19)10-15(11)18)21-14-2-3-16-13(9-14)5-7-20-16;2-1-3/h2-3,8-10H,4-7,19H2,1H3;1H,(H,2,3). The molecule has 0 aromatic heterocycles. The number of benzene rings is 2. The lowest BCUT2D eigenvalue weighted by Crippen LogP contribution is -2.05. The zero-order valence-corrected chi connectivity index (χ0v) is 13.4. The second-order valence-electron chi connectivity index (χ2n) is 5.32. The number of carboxylic acid groups (broad SMARTS) is 1. The van der Waals surface area contributed by atoms with E-state index in [0.29, 0.717) is 30.9 Å². The first kappa shape index (κ1) is 17.7. The second-order valence-corrected chi connectivity index (χ2v) is 5.32. The van der Waals surface area contributed by atoms with Gasteiger partial charge in [-0.05, 0) is 61.3 Å². The van der Waals surface area contributed by atoms with Gasteiger partial charge in [-0.3, -0.25) is 4.79 Å². The summed E-state index contributed by atoms with van der Waals surface area (Å²) >= 11 is 0. The van der Waals surface area contributed by atoms with Crippen LogP contribution < -0.4 is 15.2 Å². The lowest BCUT2D eigenvalue weighted by Gasteiger charge is -2.13. The highest BCUT2D eigenvalue weighted by atomic mass is 19.1. The lowest BCUT2D eigenvalue weighted by atomic mass is 10.1. The van der Waals surface area contributed by atoms with Gasteiger partial charge >= 0.3 is 0 Å². The Morgan fingerprint density at radius 1 is 1.38 bits per heavy atom. The molecule has 2 aromatic carbocycles. The first-order valence-electron chi connectivity index (χ1n) is 7.59. The predicted molar refractivity (Wildman–Crippen MR) is 88.3 cm³/mol. The van der Waals surface area contributed by atoms with E-state index < -0.39 is 0 Å². The van der Waals surface area contributed by atoms with Crippen LogP contribution in [0.2, 0.25) is 0 Å². The minimum absolute atomic E-state index is 0.229. The number of hydrogen-bond acceptors (Lipinski definition) is 4. The van der Waals surface area contributed by atoms with E-state index in [2.05, 4.69) is 0 Å². The van der Waals surface area contributed by atoms with Crippen LogP contribution in [0.15, 0.2) is 30.3 Å². The average Bonchev–Trinajstić information content (AvgIpc) is 3.01. The van der Waals surface area contributed by atoms with Crippen molar-refractivity contribution in [2.45, 2.75) is 19.8 Å². The van der Waals surface area contributed by atoms with E-state index in [1.807, 2.05) is 18.2 Å². The van der Waals surface area contributed by atoms with E-state index in [0.717, 1.165) is 29.0 Å². The summed E-state index contributed by atoms with van der Waals surface area (Å²) in [7, 11) is 0. The van der Waals surface area contributed by atoms with Crippen molar-refractivity contribution in [3.63, 3.8) is 0 Å². The number of aryl methyl sites for hydroxylation is 1. The zero-order valence-electron chi connectivity index (χ0n) is 13.4. The van der Waals surface area contributed by atoms with Crippen molar-refractivity contribution in [1.29, 1.82) is 0 Å². The number of halogens is 1. The van der Waals surface area contributed by atoms with Gasteiger partial charge in [0.2, 0.25) is 0 Å². The molecule has 1 aliphatic rings. The summed E-state index contributed by atoms with van der Waals surface area (Å²) in [5, 5.41) is 6.89. The first-order chi connectivity index (χ1) is 11.6. The van der Waals surface area contributed by atoms with Crippen LogP contribution in [0.25, 0.3) is 0 Å². The SMILES string of the molecule is Cc1cc(Oc2ccc3c(c2)CCO3)c(CCN)cc1F.O=CO. The molecule has 0 spiro atoms. The molecule has 24 heavy (non-hydrogen) atoms. The summed E-state index contributed by atoms with van der Waals surface area (Å²) in [5.74, 6) is 2.09. The molecule has 6 heteroatoms. The first-order valence-corrected chi connectivity index (χ1v) is 7.59. The molecule has 1 aliphatic heterocycles. The van der Waals surface area contributed by atoms with Gasteiger partial charge in [-0.1, -0.05) is 0 Å². The summed E-state index contributed by atoms with van der Waals surface area (Å²) in [6.45, 7) is 2.65. The number of rotatable bonds is 4. The van der Waals surface area contributed by atoms with Gasteiger partial charge in [0.1, 0.15) is 23.1 Å². The van der Waals surface area contributed by atoms with Crippen molar-refractivity contribution >= 4 is 6.47 Å². The fourth-order valence-corrected chi connectivity index (χ4v) is 2.50. The molecule has 0 radical (unpaired) electrons. The number of nitrogens with two attached hydrogens (primary N) is 1. The van der Waals surface area contributed by atoms with E-state index in [9.17, 15) is 4.39 Å². The molecule has 0 unspecified atom stereocenters. The van der Waals surface area contributed by atoms with Crippen molar-refractivity contribution in [2.75, 3.05) is 13.2 Å². The molecule has 0 aliphatic carbocycles. The van der Waals surface area contributed by atoms with Crippen molar-refractivity contribution < 1.29 is 23.8 Å². The van der Waals surface area contributed by atoms with Crippen molar-refractivity contribution in [3.8, 4) is 17.2 Å². The minimum atomic E-state index is -0.250. The maximum absolute atomic E-state index is 13.7. The Hall–Kier alpha value is -2.60. The molecule has 128 valence electrons. The molecular weight excluding hydrogens is 313 g/mol. The number of fused-ring (bicyclic) bond motifs is 1. The molecule has 3 N–H and O–H groups in total. The van der Waals surface area contributed by atoms with Crippen LogP contribution >= 0.6 is 0 Å². The van der Waals surface area contributed by atoms with Crippen molar-refractivity contribution in [3.05, 3.63) is 52.8 Å². The normalized spacial score (nSPS) is 11.8. The summed E-state index contributed by atoms with van der Waals surface area (Å²) in [6, 6.07) is 9.00. The van der Waals surface area contributed by atoms with Crippen LogP contribution in [0.5, 0.6) is 17.2 Å². The maximum atomic E-state index is 13.7. The van der Waals surface area contributed by atoms with Crippen molar-refractivity contribution in [1.82, 2.24) is 0 Å². The van der Waals surface area contributed by atoms with E-state index in [4.69, 9.17) is 25.1 Å². The number of carbonyl (C=O) groups is 1. The van der Waals surface area contributed by atoms with Gasteiger partial charge in [-0.15, -0.1) is 0 Å². The second kappa shape index (κ2) is 8.31. The Morgan fingerprint density at radius 2 is 2.12 bits per heavy atom. The number of ether oxygens (including phenoxy) is 2. The molecule has 0 saturated carbocycles. The van der Waals surface area contributed by atoms with Crippen LogP contribution in [0.4, 0.5) is 4.39 Å². The molecule has 0 amide bonds. The Bertz CT molecular complexity index is 718. The molecule has 0 bridgehead atoms. The summed E-state index contributed by atoms with van der Waals surface area (Å²) in [5.41, 5.74) is 8.09. The number of hydrogen-bond donors (Lipinski definition) is 2. The summed E-state index contributed by atoms with van der Waals surface area (Å²) in [4.78, 5) is 8.36.